The molecular weight excluding hydrogens is 208 g/mol. The Kier molecular flexibility index (Phi) is 5.97. The van der Waals surface area contributed by atoms with E-state index in [4.69, 9.17) is 4.74 Å². The van der Waals surface area contributed by atoms with Crippen LogP contribution in [-0.4, -0.2) is 34.0 Å². The minimum absolute atomic E-state index is 0.241. The lowest BCUT2D eigenvalue weighted by Crippen LogP contribution is -2.22. The fourth-order valence-electron chi connectivity index (χ4n) is 1.15. The molecule has 0 aliphatic rings. The first-order valence-electron chi connectivity index (χ1n) is 5.70. The van der Waals surface area contributed by atoms with Crippen LogP contribution in [-0.2, 0) is 9.53 Å². The molecule has 0 heterocycles. The Hall–Kier alpha value is -0.610. The number of hydrogen-bond acceptors (Lipinski definition) is 4. The fraction of sp³-hybridized carbons (Fsp3) is 0.917. The van der Waals surface area contributed by atoms with Crippen molar-refractivity contribution in [2.24, 2.45) is 0 Å². The number of carbonyl (C=O) groups excluding carboxylic acids is 1. The average molecular weight is 232 g/mol. The Morgan fingerprint density at radius 2 is 1.56 bits per heavy atom. The molecule has 0 rings (SSSR count). The minimum Gasteiger partial charge on any atom is -0.466 e. The first kappa shape index (κ1) is 15.4. The van der Waals surface area contributed by atoms with Gasteiger partial charge in [-0.05, 0) is 40.5 Å². The third-order valence-electron chi connectivity index (χ3n) is 2.15. The summed E-state index contributed by atoms with van der Waals surface area (Å²) in [5, 5.41) is 18.8. The van der Waals surface area contributed by atoms with Gasteiger partial charge >= 0.3 is 5.97 Å². The second-order valence-corrected chi connectivity index (χ2v) is 5.45. The van der Waals surface area contributed by atoms with Crippen molar-refractivity contribution < 1.29 is 19.7 Å². The molecule has 0 aromatic carbocycles. The van der Waals surface area contributed by atoms with Gasteiger partial charge in [-0.3, -0.25) is 4.79 Å². The van der Waals surface area contributed by atoms with Crippen LogP contribution in [0.1, 0.15) is 53.4 Å². The predicted molar refractivity (Wildman–Crippen MR) is 62.0 cm³/mol. The van der Waals surface area contributed by atoms with E-state index in [2.05, 4.69) is 0 Å². The molecule has 96 valence electrons. The van der Waals surface area contributed by atoms with Gasteiger partial charge in [-0.1, -0.05) is 0 Å². The van der Waals surface area contributed by atoms with Crippen molar-refractivity contribution in [1.82, 2.24) is 0 Å². The molecule has 0 unspecified atom stereocenters. The van der Waals surface area contributed by atoms with Crippen molar-refractivity contribution in [2.75, 3.05) is 6.61 Å². The first-order valence-corrected chi connectivity index (χ1v) is 5.70. The summed E-state index contributed by atoms with van der Waals surface area (Å²) in [6, 6.07) is 0. The Balaban J connectivity index is 3.53. The summed E-state index contributed by atoms with van der Waals surface area (Å²) in [5.41, 5.74) is -1.53. The summed E-state index contributed by atoms with van der Waals surface area (Å²) in [4.78, 5) is 11.2. The molecule has 0 radical (unpaired) electrons. The quantitative estimate of drug-likeness (QED) is 0.655. The molecule has 0 atom stereocenters. The summed E-state index contributed by atoms with van der Waals surface area (Å²) in [6.07, 6.45) is 1.94. The first-order chi connectivity index (χ1) is 7.10. The van der Waals surface area contributed by atoms with E-state index in [1.807, 2.05) is 0 Å². The highest BCUT2D eigenvalue weighted by Crippen LogP contribution is 2.12. The number of aliphatic hydroxyl groups is 2. The largest absolute Gasteiger partial charge is 0.466 e. The van der Waals surface area contributed by atoms with Crippen LogP contribution >= 0.6 is 0 Å². The normalized spacial score (nSPS) is 12.6. The summed E-state index contributed by atoms with van der Waals surface area (Å²) in [5.74, 6) is -0.270. The molecule has 0 spiro atoms. The number of esters is 1. The van der Waals surface area contributed by atoms with E-state index in [-0.39, 0.29) is 12.6 Å². The van der Waals surface area contributed by atoms with E-state index < -0.39 is 11.2 Å². The van der Waals surface area contributed by atoms with E-state index in [1.165, 1.54) is 0 Å². The number of rotatable bonds is 7. The number of hydrogen-bond donors (Lipinski definition) is 2. The van der Waals surface area contributed by atoms with Gasteiger partial charge in [0.2, 0.25) is 0 Å². The maximum atomic E-state index is 11.2. The average Bonchev–Trinajstić information content (AvgIpc) is 1.98. The summed E-state index contributed by atoms with van der Waals surface area (Å²) < 4.78 is 4.95. The Bertz CT molecular complexity index is 188. The molecule has 0 fully saturated rings. The molecule has 2 N–H and O–H groups in total. The van der Waals surface area contributed by atoms with Crippen LogP contribution in [0.2, 0.25) is 0 Å². The van der Waals surface area contributed by atoms with Crippen molar-refractivity contribution in [3.63, 3.8) is 0 Å². The molecule has 0 bridgehead atoms. The van der Waals surface area contributed by atoms with Gasteiger partial charge < -0.3 is 14.9 Å². The topological polar surface area (TPSA) is 66.8 Å². The molecule has 0 aliphatic heterocycles. The zero-order valence-corrected chi connectivity index (χ0v) is 10.7. The zero-order valence-electron chi connectivity index (χ0n) is 10.7. The van der Waals surface area contributed by atoms with Crippen LogP contribution in [0, 0.1) is 0 Å². The molecular formula is C12H24O4. The van der Waals surface area contributed by atoms with Crippen molar-refractivity contribution in [3.8, 4) is 0 Å². The van der Waals surface area contributed by atoms with Crippen molar-refractivity contribution in [3.05, 3.63) is 0 Å². The van der Waals surface area contributed by atoms with Crippen LogP contribution in [0.3, 0.4) is 0 Å². The second kappa shape index (κ2) is 6.21. The molecule has 0 amide bonds. The van der Waals surface area contributed by atoms with Crippen LogP contribution < -0.4 is 0 Å². The molecule has 4 heteroatoms. The molecule has 0 saturated heterocycles. The van der Waals surface area contributed by atoms with E-state index in [9.17, 15) is 15.0 Å². The Labute approximate surface area is 97.6 Å². The Morgan fingerprint density at radius 1 is 1.06 bits per heavy atom. The summed E-state index contributed by atoms with van der Waals surface area (Å²) in [6.45, 7) is 7.02. The monoisotopic (exact) mass is 232 g/mol. The third kappa shape index (κ3) is 11.5. The van der Waals surface area contributed by atoms with Crippen LogP contribution in [0.4, 0.5) is 0 Å². The van der Waals surface area contributed by atoms with Gasteiger partial charge in [0, 0.05) is 12.8 Å². The highest BCUT2D eigenvalue weighted by molar-refractivity contribution is 5.69. The molecule has 0 saturated carbocycles. The number of carbonyl (C=O) groups is 1. The van der Waals surface area contributed by atoms with Crippen molar-refractivity contribution in [1.29, 1.82) is 0 Å². The van der Waals surface area contributed by atoms with Gasteiger partial charge in [0.1, 0.15) is 0 Å². The molecule has 0 aliphatic carbocycles. The molecule has 4 nitrogen and oxygen atoms in total. The molecule has 16 heavy (non-hydrogen) atoms. The Morgan fingerprint density at radius 3 is 2.00 bits per heavy atom. The van der Waals surface area contributed by atoms with E-state index in [0.717, 1.165) is 0 Å². The fourth-order valence-corrected chi connectivity index (χ4v) is 1.15. The van der Waals surface area contributed by atoms with Gasteiger partial charge in [-0.2, -0.15) is 0 Å². The van der Waals surface area contributed by atoms with Gasteiger partial charge in [-0.15, -0.1) is 0 Å². The highest BCUT2D eigenvalue weighted by atomic mass is 16.5. The maximum absolute atomic E-state index is 11.2. The smallest absolute Gasteiger partial charge is 0.305 e. The van der Waals surface area contributed by atoms with Crippen LogP contribution in [0.25, 0.3) is 0 Å². The van der Waals surface area contributed by atoms with Crippen molar-refractivity contribution >= 4 is 5.97 Å². The van der Waals surface area contributed by atoms with E-state index in [1.54, 1.807) is 27.7 Å². The standard InChI is InChI=1S/C12H24O4/c1-11(2,14)7-5-6-10(13)16-9-8-12(3,4)15/h14-15H,5-9H2,1-4H3. The van der Waals surface area contributed by atoms with Gasteiger partial charge in [0.25, 0.3) is 0 Å². The summed E-state index contributed by atoms with van der Waals surface area (Å²) >= 11 is 0. The van der Waals surface area contributed by atoms with Crippen LogP contribution in [0.15, 0.2) is 0 Å². The van der Waals surface area contributed by atoms with E-state index in [0.29, 0.717) is 25.7 Å². The van der Waals surface area contributed by atoms with Crippen LogP contribution in [0.5, 0.6) is 0 Å². The SMILES string of the molecule is CC(C)(O)CCCC(=O)OCCC(C)(C)O. The lowest BCUT2D eigenvalue weighted by Gasteiger charge is -2.17. The number of ether oxygens (including phenoxy) is 1. The minimum atomic E-state index is -0.798. The molecule has 0 aromatic heterocycles. The predicted octanol–water partition coefficient (Wildman–Crippen LogP) is 1.63. The lowest BCUT2D eigenvalue weighted by atomic mass is 10.0. The second-order valence-electron chi connectivity index (χ2n) is 5.45. The van der Waals surface area contributed by atoms with Gasteiger partial charge in [0.05, 0.1) is 17.8 Å². The highest BCUT2D eigenvalue weighted by Gasteiger charge is 2.15. The molecule has 0 aromatic rings. The third-order valence-corrected chi connectivity index (χ3v) is 2.15. The van der Waals surface area contributed by atoms with Crippen molar-refractivity contribution in [2.45, 2.75) is 64.6 Å². The lowest BCUT2D eigenvalue weighted by molar-refractivity contribution is -0.145. The maximum Gasteiger partial charge on any atom is 0.305 e. The van der Waals surface area contributed by atoms with Gasteiger partial charge in [0.15, 0.2) is 0 Å². The van der Waals surface area contributed by atoms with Gasteiger partial charge in [-0.25, -0.2) is 0 Å². The zero-order chi connectivity index (χ0) is 12.8. The summed E-state index contributed by atoms with van der Waals surface area (Å²) in [7, 11) is 0. The van der Waals surface area contributed by atoms with E-state index >= 15 is 0 Å².